The van der Waals surface area contributed by atoms with E-state index in [4.69, 9.17) is 4.98 Å². The topological polar surface area (TPSA) is 74.3 Å². The largest absolute Gasteiger partial charge is 0.352 e. The van der Waals surface area contributed by atoms with Crippen LogP contribution in [0.1, 0.15) is 49.9 Å². The van der Waals surface area contributed by atoms with Gasteiger partial charge in [0.1, 0.15) is 0 Å². The molecule has 1 aromatic heterocycles. The lowest BCUT2D eigenvalue weighted by Gasteiger charge is -2.23. The van der Waals surface area contributed by atoms with Gasteiger partial charge in [-0.2, -0.15) is 0 Å². The van der Waals surface area contributed by atoms with Crippen molar-refractivity contribution in [3.63, 3.8) is 0 Å². The van der Waals surface area contributed by atoms with Crippen LogP contribution < -0.4 is 10.6 Å². The maximum absolute atomic E-state index is 13.2. The highest BCUT2D eigenvalue weighted by molar-refractivity contribution is 6.07. The molecular weight excluding hydrogens is 412 g/mol. The van der Waals surface area contributed by atoms with E-state index in [9.17, 15) is 9.59 Å². The van der Waals surface area contributed by atoms with E-state index >= 15 is 0 Å². The van der Waals surface area contributed by atoms with E-state index in [1.165, 1.54) is 12.8 Å². The van der Waals surface area contributed by atoms with E-state index in [0.717, 1.165) is 47.4 Å². The standard InChI is InChI=1S/C27H32N4O2/c1-3-26(32)29-21-12-10-20(11-13-21)25-18-23(22-8-4-5-9-24(22)30-25)27(33)28-15-14-19(2)31-16-6-7-17-31/h4-5,8-13,18-19H,3,6-7,14-17H2,1-2H3,(H,28,33)(H,29,32). The molecule has 6 heteroatoms. The highest BCUT2D eigenvalue weighted by atomic mass is 16.2. The zero-order valence-corrected chi connectivity index (χ0v) is 19.4. The number of anilines is 1. The zero-order chi connectivity index (χ0) is 23.2. The highest BCUT2D eigenvalue weighted by Gasteiger charge is 2.19. The minimum Gasteiger partial charge on any atom is -0.352 e. The lowest BCUT2D eigenvalue weighted by molar-refractivity contribution is -0.115. The fourth-order valence-electron chi connectivity index (χ4n) is 4.34. The Kier molecular flexibility index (Phi) is 7.35. The molecule has 0 aliphatic carbocycles. The average molecular weight is 445 g/mol. The van der Waals surface area contributed by atoms with Gasteiger partial charge in [0.05, 0.1) is 16.8 Å². The molecule has 0 bridgehead atoms. The van der Waals surface area contributed by atoms with Gasteiger partial charge in [-0.25, -0.2) is 4.98 Å². The summed E-state index contributed by atoms with van der Waals surface area (Å²) < 4.78 is 0. The van der Waals surface area contributed by atoms with Crippen molar-refractivity contribution in [2.45, 2.75) is 45.6 Å². The number of rotatable bonds is 8. The molecule has 6 nitrogen and oxygen atoms in total. The quantitative estimate of drug-likeness (QED) is 0.521. The minimum absolute atomic E-state index is 0.0235. The van der Waals surface area contributed by atoms with Crippen LogP contribution in [0.4, 0.5) is 5.69 Å². The molecule has 3 aromatic rings. The Bertz CT molecular complexity index is 1120. The van der Waals surface area contributed by atoms with Gasteiger partial charge in [-0.3, -0.25) is 9.59 Å². The molecular formula is C27H32N4O2. The lowest BCUT2D eigenvalue weighted by Crippen LogP contribution is -2.34. The van der Waals surface area contributed by atoms with Gasteiger partial charge in [0.25, 0.3) is 5.91 Å². The summed E-state index contributed by atoms with van der Waals surface area (Å²) in [6.45, 7) is 7.03. The summed E-state index contributed by atoms with van der Waals surface area (Å²) in [4.78, 5) is 32.1. The van der Waals surface area contributed by atoms with Crippen molar-refractivity contribution in [2.75, 3.05) is 25.0 Å². The van der Waals surface area contributed by atoms with Crippen molar-refractivity contribution in [3.05, 3.63) is 60.2 Å². The predicted molar refractivity (Wildman–Crippen MR) is 133 cm³/mol. The summed E-state index contributed by atoms with van der Waals surface area (Å²) in [5.74, 6) is -0.0973. The molecule has 1 aliphatic rings. The summed E-state index contributed by atoms with van der Waals surface area (Å²) in [6, 6.07) is 17.6. The van der Waals surface area contributed by atoms with Gasteiger partial charge >= 0.3 is 0 Å². The smallest absolute Gasteiger partial charge is 0.252 e. The molecule has 0 spiro atoms. The summed E-state index contributed by atoms with van der Waals surface area (Å²) in [5, 5.41) is 6.82. The van der Waals surface area contributed by atoms with Crippen LogP contribution in [-0.4, -0.2) is 47.4 Å². The first-order chi connectivity index (χ1) is 16.0. The van der Waals surface area contributed by atoms with E-state index in [-0.39, 0.29) is 11.8 Å². The SMILES string of the molecule is CCC(=O)Nc1ccc(-c2cc(C(=O)NCCC(C)N3CCCC3)c3ccccc3n2)cc1. The van der Waals surface area contributed by atoms with Gasteiger partial charge in [0, 0.05) is 35.6 Å². The van der Waals surface area contributed by atoms with Gasteiger partial charge < -0.3 is 15.5 Å². The number of benzene rings is 2. The molecule has 1 aliphatic heterocycles. The van der Waals surface area contributed by atoms with Gasteiger partial charge in [-0.05, 0) is 63.5 Å². The molecule has 1 atom stereocenters. The van der Waals surface area contributed by atoms with Gasteiger partial charge in [0.2, 0.25) is 5.91 Å². The van der Waals surface area contributed by atoms with E-state index < -0.39 is 0 Å². The number of nitrogens with one attached hydrogen (secondary N) is 2. The molecule has 172 valence electrons. The Hall–Kier alpha value is -3.25. The van der Waals surface area contributed by atoms with Crippen LogP contribution in [0.2, 0.25) is 0 Å². The van der Waals surface area contributed by atoms with Gasteiger partial charge in [-0.1, -0.05) is 37.3 Å². The third-order valence-electron chi connectivity index (χ3n) is 6.36. The van der Waals surface area contributed by atoms with E-state index in [1.54, 1.807) is 0 Å². The van der Waals surface area contributed by atoms with Crippen LogP contribution in [0, 0.1) is 0 Å². The average Bonchev–Trinajstić information content (AvgIpc) is 3.39. The van der Waals surface area contributed by atoms with Crippen LogP contribution in [0.5, 0.6) is 0 Å². The van der Waals surface area contributed by atoms with Crippen molar-refractivity contribution in [1.29, 1.82) is 0 Å². The molecule has 1 fully saturated rings. The number of hydrogen-bond donors (Lipinski definition) is 2. The number of aromatic nitrogens is 1. The van der Waals surface area contributed by atoms with Crippen LogP contribution >= 0.6 is 0 Å². The first kappa shape index (κ1) is 22.9. The molecule has 2 heterocycles. The number of hydrogen-bond acceptors (Lipinski definition) is 4. The van der Waals surface area contributed by atoms with Gasteiger partial charge in [0.15, 0.2) is 0 Å². The molecule has 2 amide bonds. The molecule has 0 radical (unpaired) electrons. The second kappa shape index (κ2) is 10.6. The molecule has 2 N–H and O–H groups in total. The third kappa shape index (κ3) is 5.57. The van der Waals surface area contributed by atoms with Crippen molar-refractivity contribution in [1.82, 2.24) is 15.2 Å². The molecule has 1 unspecified atom stereocenters. The van der Waals surface area contributed by atoms with Crippen molar-refractivity contribution >= 4 is 28.4 Å². The predicted octanol–water partition coefficient (Wildman–Crippen LogP) is 4.85. The third-order valence-corrected chi connectivity index (χ3v) is 6.36. The molecule has 0 saturated carbocycles. The summed E-state index contributed by atoms with van der Waals surface area (Å²) in [5.41, 5.74) is 3.79. The summed E-state index contributed by atoms with van der Waals surface area (Å²) in [6.07, 6.45) is 3.92. The van der Waals surface area contributed by atoms with Gasteiger partial charge in [-0.15, -0.1) is 0 Å². The number of pyridine rings is 1. The Balaban J connectivity index is 1.52. The fraction of sp³-hybridized carbons (Fsp3) is 0.370. The summed E-state index contributed by atoms with van der Waals surface area (Å²) >= 11 is 0. The maximum Gasteiger partial charge on any atom is 0.252 e. The Morgan fingerprint density at radius 3 is 2.52 bits per heavy atom. The van der Waals surface area contributed by atoms with E-state index in [0.29, 0.717) is 24.6 Å². The molecule has 1 saturated heterocycles. The maximum atomic E-state index is 13.2. The van der Waals surface area contributed by atoms with Crippen molar-refractivity contribution < 1.29 is 9.59 Å². The van der Waals surface area contributed by atoms with Crippen molar-refractivity contribution in [2.24, 2.45) is 0 Å². The number of para-hydroxylation sites is 1. The highest BCUT2D eigenvalue weighted by Crippen LogP contribution is 2.26. The van der Waals surface area contributed by atoms with Crippen LogP contribution in [-0.2, 0) is 4.79 Å². The zero-order valence-electron chi connectivity index (χ0n) is 19.4. The lowest BCUT2D eigenvalue weighted by atomic mass is 10.0. The number of nitrogens with zero attached hydrogens (tertiary/aromatic N) is 2. The van der Waals surface area contributed by atoms with Crippen LogP contribution in [0.3, 0.4) is 0 Å². The number of likely N-dealkylation sites (tertiary alicyclic amines) is 1. The minimum atomic E-state index is -0.0738. The Labute approximate surface area is 195 Å². The number of amides is 2. The Morgan fingerprint density at radius 2 is 1.79 bits per heavy atom. The van der Waals surface area contributed by atoms with Crippen molar-refractivity contribution in [3.8, 4) is 11.3 Å². The van der Waals surface area contributed by atoms with Crippen LogP contribution in [0.25, 0.3) is 22.2 Å². The normalized spacial score (nSPS) is 14.8. The first-order valence-corrected chi connectivity index (χ1v) is 11.9. The second-order valence-electron chi connectivity index (χ2n) is 8.69. The number of fused-ring (bicyclic) bond motifs is 1. The second-order valence-corrected chi connectivity index (χ2v) is 8.69. The fourth-order valence-corrected chi connectivity index (χ4v) is 4.34. The first-order valence-electron chi connectivity index (χ1n) is 11.9. The molecule has 4 rings (SSSR count). The number of carbonyl (C=O) groups is 2. The number of carbonyl (C=O) groups excluding carboxylic acids is 2. The van der Waals surface area contributed by atoms with Crippen LogP contribution in [0.15, 0.2) is 54.6 Å². The van der Waals surface area contributed by atoms with E-state index in [2.05, 4.69) is 22.5 Å². The monoisotopic (exact) mass is 444 g/mol. The Morgan fingerprint density at radius 1 is 1.06 bits per heavy atom. The summed E-state index contributed by atoms with van der Waals surface area (Å²) in [7, 11) is 0. The molecule has 33 heavy (non-hydrogen) atoms. The van der Waals surface area contributed by atoms with E-state index in [1.807, 2.05) is 61.5 Å². The molecule has 2 aromatic carbocycles.